The summed E-state index contributed by atoms with van der Waals surface area (Å²) in [4.78, 5) is 0. The Hall–Kier alpha value is -0.980. The van der Waals surface area contributed by atoms with E-state index in [4.69, 9.17) is 5.26 Å². The molecule has 3 heteroatoms. The van der Waals surface area contributed by atoms with Crippen LogP contribution >= 0.6 is 11.8 Å². The van der Waals surface area contributed by atoms with Crippen LogP contribution in [0, 0.1) is 11.3 Å². The van der Waals surface area contributed by atoms with E-state index in [0.29, 0.717) is 12.1 Å². The topological polar surface area (TPSA) is 35.8 Å². The van der Waals surface area contributed by atoms with Crippen molar-refractivity contribution in [3.05, 3.63) is 35.4 Å². The van der Waals surface area contributed by atoms with Crippen LogP contribution in [-0.2, 0) is 0 Å². The summed E-state index contributed by atoms with van der Waals surface area (Å²) in [6.07, 6.45) is 3.26. The third-order valence-corrected chi connectivity index (χ3v) is 3.60. The highest BCUT2D eigenvalue weighted by Gasteiger charge is 2.11. The summed E-state index contributed by atoms with van der Waals surface area (Å²) in [5.41, 5.74) is 1.91. The Labute approximate surface area is 108 Å². The lowest BCUT2D eigenvalue weighted by atomic mass is 10.0. The van der Waals surface area contributed by atoms with Crippen molar-refractivity contribution >= 4 is 11.8 Å². The monoisotopic (exact) mass is 248 g/mol. The van der Waals surface area contributed by atoms with E-state index in [0.717, 1.165) is 17.7 Å². The molecule has 1 rings (SSSR count). The summed E-state index contributed by atoms with van der Waals surface area (Å²) in [6.45, 7) is 4.35. The van der Waals surface area contributed by atoms with Gasteiger partial charge in [-0.15, -0.1) is 0 Å². The fourth-order valence-electron chi connectivity index (χ4n) is 1.81. The normalized spacial score (nSPS) is 14.0. The average Bonchev–Trinajstić information content (AvgIpc) is 2.38. The zero-order valence-electron chi connectivity index (χ0n) is 10.7. The molecule has 2 unspecified atom stereocenters. The van der Waals surface area contributed by atoms with Crippen molar-refractivity contribution in [3.63, 3.8) is 0 Å². The van der Waals surface area contributed by atoms with Crippen LogP contribution in [0.4, 0.5) is 0 Å². The van der Waals surface area contributed by atoms with Crippen molar-refractivity contribution in [1.29, 1.82) is 5.26 Å². The molecule has 0 saturated carbocycles. The third-order valence-electron chi connectivity index (χ3n) is 2.86. The van der Waals surface area contributed by atoms with Gasteiger partial charge in [-0.05, 0) is 37.3 Å². The minimum absolute atomic E-state index is 0.292. The van der Waals surface area contributed by atoms with Crippen LogP contribution in [0.3, 0.4) is 0 Å². The maximum Gasteiger partial charge on any atom is 0.0991 e. The Morgan fingerprint density at radius 3 is 2.82 bits per heavy atom. The van der Waals surface area contributed by atoms with Gasteiger partial charge in [0.25, 0.3) is 0 Å². The lowest BCUT2D eigenvalue weighted by molar-refractivity contribution is 0.475. The van der Waals surface area contributed by atoms with Crippen molar-refractivity contribution in [3.8, 4) is 6.07 Å². The van der Waals surface area contributed by atoms with Gasteiger partial charge in [-0.25, -0.2) is 0 Å². The molecular formula is C14H20N2S. The summed E-state index contributed by atoms with van der Waals surface area (Å²) in [7, 11) is 0. The standard InChI is InChI=1S/C14H20N2S/c1-4-14(10-17-3)16-11(2)13-7-5-6-12(8-13)9-15/h5-8,11,14,16H,4,10H2,1-3H3. The number of rotatable bonds is 6. The molecule has 1 aromatic carbocycles. The highest BCUT2D eigenvalue weighted by molar-refractivity contribution is 7.98. The van der Waals surface area contributed by atoms with Crippen molar-refractivity contribution in [1.82, 2.24) is 5.32 Å². The van der Waals surface area contributed by atoms with Gasteiger partial charge in [0.2, 0.25) is 0 Å². The van der Waals surface area contributed by atoms with Gasteiger partial charge >= 0.3 is 0 Å². The van der Waals surface area contributed by atoms with Gasteiger partial charge < -0.3 is 5.32 Å². The molecule has 0 bridgehead atoms. The zero-order chi connectivity index (χ0) is 12.7. The number of nitrogens with zero attached hydrogens (tertiary/aromatic N) is 1. The first kappa shape index (κ1) is 14.1. The van der Waals surface area contributed by atoms with Gasteiger partial charge in [0, 0.05) is 17.8 Å². The average molecular weight is 248 g/mol. The first-order valence-corrected chi connectivity index (χ1v) is 7.35. The molecule has 0 heterocycles. The molecular weight excluding hydrogens is 228 g/mol. The van der Waals surface area contributed by atoms with Gasteiger partial charge in [0.1, 0.15) is 0 Å². The maximum absolute atomic E-state index is 8.88. The minimum Gasteiger partial charge on any atom is -0.307 e. The molecule has 2 atom stereocenters. The molecule has 92 valence electrons. The molecule has 1 aromatic rings. The molecule has 0 amide bonds. The van der Waals surface area contributed by atoms with Crippen LogP contribution in [0.5, 0.6) is 0 Å². The number of benzene rings is 1. The Kier molecular flexibility index (Phi) is 6.10. The number of nitrogens with one attached hydrogen (secondary N) is 1. The molecule has 0 fully saturated rings. The molecule has 0 aliphatic heterocycles. The van der Waals surface area contributed by atoms with E-state index in [2.05, 4.69) is 37.6 Å². The zero-order valence-corrected chi connectivity index (χ0v) is 11.6. The van der Waals surface area contributed by atoms with E-state index in [1.165, 1.54) is 5.56 Å². The molecule has 0 saturated heterocycles. The SMILES string of the molecule is CCC(CSC)NC(C)c1cccc(C#N)c1. The van der Waals surface area contributed by atoms with Gasteiger partial charge in [-0.2, -0.15) is 17.0 Å². The van der Waals surface area contributed by atoms with Crippen LogP contribution in [0.15, 0.2) is 24.3 Å². The second kappa shape index (κ2) is 7.37. The van der Waals surface area contributed by atoms with Gasteiger partial charge in [0.05, 0.1) is 11.6 Å². The van der Waals surface area contributed by atoms with Gasteiger partial charge in [-0.3, -0.25) is 0 Å². The Bertz CT molecular complexity index is 384. The second-order valence-corrected chi connectivity index (χ2v) is 5.10. The summed E-state index contributed by atoms with van der Waals surface area (Å²) < 4.78 is 0. The first-order chi connectivity index (χ1) is 8.21. The van der Waals surface area contributed by atoms with Crippen LogP contribution in [-0.4, -0.2) is 18.1 Å². The van der Waals surface area contributed by atoms with E-state index in [1.54, 1.807) is 0 Å². The number of hydrogen-bond acceptors (Lipinski definition) is 3. The first-order valence-electron chi connectivity index (χ1n) is 5.96. The van der Waals surface area contributed by atoms with Crippen molar-refractivity contribution in [2.75, 3.05) is 12.0 Å². The summed E-state index contributed by atoms with van der Waals surface area (Å²) in [6, 6.07) is 10.8. The molecule has 0 aliphatic rings. The Morgan fingerprint density at radius 2 is 2.24 bits per heavy atom. The highest BCUT2D eigenvalue weighted by atomic mass is 32.2. The van der Waals surface area contributed by atoms with Crippen molar-refractivity contribution in [2.45, 2.75) is 32.4 Å². The van der Waals surface area contributed by atoms with Crippen molar-refractivity contribution < 1.29 is 0 Å². The number of thioether (sulfide) groups is 1. The third kappa shape index (κ3) is 4.41. The predicted octanol–water partition coefficient (Wildman–Crippen LogP) is 3.35. The van der Waals surface area contributed by atoms with Crippen LogP contribution in [0.25, 0.3) is 0 Å². The smallest absolute Gasteiger partial charge is 0.0991 e. The molecule has 17 heavy (non-hydrogen) atoms. The lowest BCUT2D eigenvalue weighted by Gasteiger charge is -2.22. The fourth-order valence-corrected chi connectivity index (χ4v) is 2.55. The molecule has 0 spiro atoms. The molecule has 0 aromatic heterocycles. The molecule has 2 nitrogen and oxygen atoms in total. The van der Waals surface area contributed by atoms with E-state index >= 15 is 0 Å². The van der Waals surface area contributed by atoms with Gasteiger partial charge in [0.15, 0.2) is 0 Å². The highest BCUT2D eigenvalue weighted by Crippen LogP contribution is 2.16. The van der Waals surface area contributed by atoms with E-state index < -0.39 is 0 Å². The van der Waals surface area contributed by atoms with Crippen molar-refractivity contribution in [2.24, 2.45) is 0 Å². The maximum atomic E-state index is 8.88. The van der Waals surface area contributed by atoms with Crippen LogP contribution < -0.4 is 5.32 Å². The minimum atomic E-state index is 0.292. The van der Waals surface area contributed by atoms with E-state index in [-0.39, 0.29) is 0 Å². The second-order valence-electron chi connectivity index (χ2n) is 4.19. The Morgan fingerprint density at radius 1 is 1.47 bits per heavy atom. The summed E-state index contributed by atoms with van der Waals surface area (Å²) >= 11 is 1.86. The van der Waals surface area contributed by atoms with Gasteiger partial charge in [-0.1, -0.05) is 19.1 Å². The number of nitriles is 1. The molecule has 0 radical (unpaired) electrons. The quantitative estimate of drug-likeness (QED) is 0.838. The molecule has 1 N–H and O–H groups in total. The Balaban J connectivity index is 2.68. The number of hydrogen-bond donors (Lipinski definition) is 1. The fraction of sp³-hybridized carbons (Fsp3) is 0.500. The van der Waals surface area contributed by atoms with E-state index in [1.807, 2.05) is 30.0 Å². The van der Waals surface area contributed by atoms with Crippen LogP contribution in [0.1, 0.15) is 37.4 Å². The largest absolute Gasteiger partial charge is 0.307 e. The summed E-state index contributed by atoms with van der Waals surface area (Å²) in [5, 5.41) is 12.5. The lowest BCUT2D eigenvalue weighted by Crippen LogP contribution is -2.33. The van der Waals surface area contributed by atoms with Crippen LogP contribution in [0.2, 0.25) is 0 Å². The molecule has 0 aliphatic carbocycles. The van der Waals surface area contributed by atoms with E-state index in [9.17, 15) is 0 Å². The summed E-state index contributed by atoms with van der Waals surface area (Å²) in [5.74, 6) is 1.12. The predicted molar refractivity (Wildman–Crippen MR) is 75.2 cm³/mol.